The number of carbonyl (C=O) groups is 2. The van der Waals surface area contributed by atoms with Gasteiger partial charge in [-0.3, -0.25) is 9.59 Å². The standard InChI is InChI=1S/C14H26O4S/c1-7-13(2,3)12(16)18-8-9-19-10-14(4,5)11(15)17-6/h7-10H2,1-6H3. The molecule has 0 atom stereocenters. The lowest BCUT2D eigenvalue weighted by atomic mass is 9.91. The molecule has 0 rings (SSSR count). The van der Waals surface area contributed by atoms with Crippen LogP contribution in [0.2, 0.25) is 0 Å². The minimum absolute atomic E-state index is 0.164. The van der Waals surface area contributed by atoms with E-state index in [2.05, 4.69) is 0 Å². The van der Waals surface area contributed by atoms with Crippen LogP contribution in [0, 0.1) is 10.8 Å². The summed E-state index contributed by atoms with van der Waals surface area (Å²) < 4.78 is 9.96. The molecule has 0 fully saturated rings. The number of esters is 2. The maximum atomic E-state index is 11.7. The van der Waals surface area contributed by atoms with Crippen LogP contribution in [0.25, 0.3) is 0 Å². The third-order valence-corrected chi connectivity index (χ3v) is 4.48. The number of ether oxygens (including phenoxy) is 2. The van der Waals surface area contributed by atoms with Gasteiger partial charge >= 0.3 is 11.9 Å². The van der Waals surface area contributed by atoms with Crippen molar-refractivity contribution in [2.45, 2.75) is 41.0 Å². The monoisotopic (exact) mass is 290 g/mol. The highest BCUT2D eigenvalue weighted by Crippen LogP contribution is 2.24. The largest absolute Gasteiger partial charge is 0.469 e. The average molecular weight is 290 g/mol. The van der Waals surface area contributed by atoms with Crippen molar-refractivity contribution < 1.29 is 19.1 Å². The van der Waals surface area contributed by atoms with Crippen LogP contribution in [0.3, 0.4) is 0 Å². The molecule has 0 unspecified atom stereocenters. The molecule has 0 aliphatic carbocycles. The summed E-state index contributed by atoms with van der Waals surface area (Å²) in [5.74, 6) is 0.951. The van der Waals surface area contributed by atoms with Crippen molar-refractivity contribution in [2.24, 2.45) is 10.8 Å². The predicted molar refractivity (Wildman–Crippen MR) is 78.2 cm³/mol. The summed E-state index contributed by atoms with van der Waals surface area (Å²) in [6.07, 6.45) is 0.758. The maximum Gasteiger partial charge on any atom is 0.312 e. The molecule has 0 saturated carbocycles. The van der Waals surface area contributed by atoms with E-state index in [-0.39, 0.29) is 11.9 Å². The van der Waals surface area contributed by atoms with Crippen LogP contribution in [-0.2, 0) is 19.1 Å². The van der Waals surface area contributed by atoms with Crippen molar-refractivity contribution in [3.8, 4) is 0 Å². The molecule has 5 heteroatoms. The van der Waals surface area contributed by atoms with Crippen LogP contribution in [0.1, 0.15) is 41.0 Å². The Labute approximate surface area is 120 Å². The predicted octanol–water partition coefficient (Wildman–Crippen LogP) is 2.90. The third kappa shape index (κ3) is 6.32. The second-order valence-corrected chi connectivity index (χ2v) is 6.91. The fourth-order valence-electron chi connectivity index (χ4n) is 1.20. The van der Waals surface area contributed by atoms with Crippen molar-refractivity contribution in [1.82, 2.24) is 0 Å². The molecule has 4 nitrogen and oxygen atoms in total. The molecule has 0 radical (unpaired) electrons. The lowest BCUT2D eigenvalue weighted by molar-refractivity contribution is -0.153. The summed E-state index contributed by atoms with van der Waals surface area (Å²) in [5, 5.41) is 0. The summed E-state index contributed by atoms with van der Waals surface area (Å²) in [6, 6.07) is 0. The van der Waals surface area contributed by atoms with Crippen molar-refractivity contribution in [2.75, 3.05) is 25.2 Å². The molecular weight excluding hydrogens is 264 g/mol. The summed E-state index contributed by atoms with van der Waals surface area (Å²) >= 11 is 1.59. The molecule has 112 valence electrons. The van der Waals surface area contributed by atoms with Gasteiger partial charge in [-0.25, -0.2) is 0 Å². The smallest absolute Gasteiger partial charge is 0.312 e. The van der Waals surface area contributed by atoms with Gasteiger partial charge in [0.1, 0.15) is 6.61 Å². The molecule has 0 saturated heterocycles. The Bertz CT molecular complexity index is 311. The molecule has 0 bridgehead atoms. The highest BCUT2D eigenvalue weighted by Gasteiger charge is 2.29. The molecule has 19 heavy (non-hydrogen) atoms. The van der Waals surface area contributed by atoms with Crippen LogP contribution >= 0.6 is 11.8 Å². The van der Waals surface area contributed by atoms with Gasteiger partial charge in [0, 0.05) is 11.5 Å². The van der Waals surface area contributed by atoms with Gasteiger partial charge in [0.2, 0.25) is 0 Å². The van der Waals surface area contributed by atoms with Gasteiger partial charge in [-0.1, -0.05) is 6.92 Å². The van der Waals surface area contributed by atoms with Crippen molar-refractivity contribution >= 4 is 23.7 Å². The fraction of sp³-hybridized carbons (Fsp3) is 0.857. The summed E-state index contributed by atoms with van der Waals surface area (Å²) in [6.45, 7) is 9.79. The first-order valence-corrected chi connectivity index (χ1v) is 7.66. The van der Waals surface area contributed by atoms with E-state index in [1.54, 1.807) is 11.8 Å². The zero-order valence-electron chi connectivity index (χ0n) is 12.9. The summed E-state index contributed by atoms with van der Waals surface area (Å²) in [7, 11) is 1.39. The topological polar surface area (TPSA) is 52.6 Å². The number of thioether (sulfide) groups is 1. The number of methoxy groups -OCH3 is 1. The van der Waals surface area contributed by atoms with Gasteiger partial charge in [-0.2, -0.15) is 11.8 Å². The maximum absolute atomic E-state index is 11.7. The Morgan fingerprint density at radius 1 is 1.05 bits per heavy atom. The van der Waals surface area contributed by atoms with E-state index < -0.39 is 10.8 Å². The van der Waals surface area contributed by atoms with Crippen LogP contribution in [0.15, 0.2) is 0 Å². The molecule has 0 aromatic heterocycles. The van der Waals surface area contributed by atoms with Crippen LogP contribution < -0.4 is 0 Å². The second-order valence-electron chi connectivity index (χ2n) is 5.80. The van der Waals surface area contributed by atoms with Gasteiger partial charge in [-0.15, -0.1) is 0 Å². The van der Waals surface area contributed by atoms with Gasteiger partial charge in [0.05, 0.1) is 17.9 Å². The van der Waals surface area contributed by atoms with Gasteiger partial charge in [-0.05, 0) is 34.1 Å². The SMILES string of the molecule is CCC(C)(C)C(=O)OCCSCC(C)(C)C(=O)OC. The molecule has 0 amide bonds. The first-order chi connectivity index (χ1) is 8.67. The Balaban J connectivity index is 3.89. The van der Waals surface area contributed by atoms with E-state index in [0.29, 0.717) is 18.1 Å². The van der Waals surface area contributed by atoms with E-state index in [0.717, 1.165) is 6.42 Å². The van der Waals surface area contributed by atoms with Crippen molar-refractivity contribution in [3.05, 3.63) is 0 Å². The Morgan fingerprint density at radius 3 is 2.11 bits per heavy atom. The highest BCUT2D eigenvalue weighted by atomic mass is 32.2. The number of rotatable bonds is 8. The Kier molecular flexibility index (Phi) is 7.49. The van der Waals surface area contributed by atoms with Crippen LogP contribution in [-0.4, -0.2) is 37.2 Å². The molecule has 0 aromatic rings. The number of carbonyl (C=O) groups excluding carboxylic acids is 2. The highest BCUT2D eigenvalue weighted by molar-refractivity contribution is 7.99. The van der Waals surface area contributed by atoms with Gasteiger partial charge < -0.3 is 9.47 Å². The molecule has 0 N–H and O–H groups in total. The normalized spacial score (nSPS) is 12.1. The van der Waals surface area contributed by atoms with E-state index in [1.165, 1.54) is 7.11 Å². The van der Waals surface area contributed by atoms with Crippen LogP contribution in [0.5, 0.6) is 0 Å². The minimum Gasteiger partial charge on any atom is -0.469 e. The number of hydrogen-bond donors (Lipinski definition) is 0. The van der Waals surface area contributed by atoms with E-state index in [1.807, 2.05) is 34.6 Å². The first-order valence-electron chi connectivity index (χ1n) is 6.50. The molecular formula is C14H26O4S. The Morgan fingerprint density at radius 2 is 1.63 bits per heavy atom. The molecule has 0 aliphatic rings. The van der Waals surface area contributed by atoms with E-state index in [9.17, 15) is 9.59 Å². The van der Waals surface area contributed by atoms with Crippen molar-refractivity contribution in [1.29, 1.82) is 0 Å². The minimum atomic E-state index is -0.508. The zero-order valence-corrected chi connectivity index (χ0v) is 13.7. The fourth-order valence-corrected chi connectivity index (χ4v) is 2.17. The molecule has 0 heterocycles. The van der Waals surface area contributed by atoms with E-state index >= 15 is 0 Å². The number of hydrogen-bond acceptors (Lipinski definition) is 5. The Hall–Kier alpha value is -0.710. The molecule has 0 spiro atoms. The van der Waals surface area contributed by atoms with Crippen LogP contribution in [0.4, 0.5) is 0 Å². The van der Waals surface area contributed by atoms with Crippen molar-refractivity contribution in [3.63, 3.8) is 0 Å². The lowest BCUT2D eigenvalue weighted by Gasteiger charge is -2.22. The second kappa shape index (κ2) is 7.78. The molecule has 0 aliphatic heterocycles. The summed E-state index contributed by atoms with van der Waals surface area (Å²) in [4.78, 5) is 23.2. The lowest BCUT2D eigenvalue weighted by Crippen LogP contribution is -2.29. The molecule has 0 aromatic carbocycles. The van der Waals surface area contributed by atoms with Gasteiger partial charge in [0.15, 0.2) is 0 Å². The van der Waals surface area contributed by atoms with E-state index in [4.69, 9.17) is 9.47 Å². The summed E-state index contributed by atoms with van der Waals surface area (Å²) in [5.41, 5.74) is -0.929. The zero-order chi connectivity index (χ0) is 15.1. The quantitative estimate of drug-likeness (QED) is 0.508. The third-order valence-electron chi connectivity index (χ3n) is 3.10. The average Bonchev–Trinajstić information content (AvgIpc) is 2.36. The van der Waals surface area contributed by atoms with Gasteiger partial charge in [0.25, 0.3) is 0 Å². The first kappa shape index (κ1) is 18.3.